The number of fused-ring (bicyclic) bond motifs is 2. The SMILES string of the molecule is C=CCOc1ccc2c(c1)[C@H]1[C@H](CCCCO)[C@@H](CCCCO)C=C3C(=NOCC)C[C@H](N(CCC)C(=O)OCCOCc4ccccc4)[C@@](OCC=C)(O2)[C@H]31. The highest BCUT2D eigenvalue weighted by Crippen LogP contribution is 2.62. The zero-order chi connectivity index (χ0) is 39.8. The van der Waals surface area contributed by atoms with Crippen LogP contribution in [0.5, 0.6) is 11.5 Å². The summed E-state index contributed by atoms with van der Waals surface area (Å²) in [4.78, 5) is 21.9. The zero-order valence-corrected chi connectivity index (χ0v) is 33.3. The molecule has 0 bridgehead atoms. The number of carbonyl (C=O) groups excluding carboxylic acids is 1. The van der Waals surface area contributed by atoms with E-state index >= 15 is 0 Å². The number of ether oxygens (including phenoxy) is 5. The fourth-order valence-electron chi connectivity index (χ4n) is 8.69. The molecule has 1 saturated carbocycles. The topological polar surface area (TPSA) is 129 Å². The fourth-order valence-corrected chi connectivity index (χ4v) is 8.69. The lowest BCUT2D eigenvalue weighted by molar-refractivity contribution is -0.255. The van der Waals surface area contributed by atoms with Crippen molar-refractivity contribution in [2.24, 2.45) is 22.9 Å². The summed E-state index contributed by atoms with van der Waals surface area (Å²) in [5, 5.41) is 24.4. The Hall–Kier alpha value is -4.16. The van der Waals surface area contributed by atoms with Gasteiger partial charge in [-0.15, -0.1) is 6.58 Å². The number of unbranched alkanes of at least 4 members (excludes halogenated alkanes) is 2. The third-order valence-electron chi connectivity index (χ3n) is 11.0. The zero-order valence-electron chi connectivity index (χ0n) is 33.3. The van der Waals surface area contributed by atoms with Gasteiger partial charge in [-0.3, -0.25) is 4.90 Å². The number of hydrogen-bond acceptors (Lipinski definition) is 10. The van der Waals surface area contributed by atoms with Crippen molar-refractivity contribution in [3.05, 3.63) is 96.6 Å². The molecule has 5 rings (SSSR count). The van der Waals surface area contributed by atoms with Crippen LogP contribution in [0.2, 0.25) is 0 Å². The van der Waals surface area contributed by atoms with E-state index in [1.807, 2.05) is 56.3 Å². The Bertz CT molecular complexity index is 1610. The number of aliphatic hydroxyl groups is 2. The first-order valence-corrected chi connectivity index (χ1v) is 20.4. The van der Waals surface area contributed by atoms with E-state index in [1.165, 1.54) is 0 Å². The minimum atomic E-state index is -1.35. The second-order valence-corrected chi connectivity index (χ2v) is 14.6. The Kier molecular flexibility index (Phi) is 16.8. The quantitative estimate of drug-likeness (QED) is 0.0620. The summed E-state index contributed by atoms with van der Waals surface area (Å²) in [7, 11) is 0. The standard InChI is InChI=1S/C45H62N2O9/c1-5-22-47(44(50)53-28-27-51-32-33-16-10-9-11-17-33)41-31-39(46-55-8-4)37-29-34(18-12-14-23-48)36(19-13-15-24-49)42-38-30-35(52-25-6-2)20-21-40(38)56-45(41,43(37)42)54-26-7-3/h6-7,9-11,16-17,20-21,29-30,34,36,41-43,48-49H,2-3,5,8,12-15,18-19,22-28,31-32H2,1,4H3/t34-,36+,41-,42+,43+,45+/m0/s1. The molecule has 2 aliphatic carbocycles. The number of hydrogen-bond donors (Lipinski definition) is 2. The van der Waals surface area contributed by atoms with Gasteiger partial charge in [0.1, 0.15) is 37.4 Å². The number of benzene rings is 2. The molecule has 3 aliphatic rings. The predicted octanol–water partition coefficient (Wildman–Crippen LogP) is 7.97. The van der Waals surface area contributed by atoms with Gasteiger partial charge in [0, 0.05) is 37.7 Å². The molecule has 0 spiro atoms. The minimum Gasteiger partial charge on any atom is -0.490 e. The molecule has 6 atom stereocenters. The highest BCUT2D eigenvalue weighted by atomic mass is 16.7. The number of amides is 1. The predicted molar refractivity (Wildman–Crippen MR) is 217 cm³/mol. The molecule has 1 amide bonds. The Morgan fingerprint density at radius 1 is 1.00 bits per heavy atom. The first-order valence-electron chi connectivity index (χ1n) is 20.4. The summed E-state index contributed by atoms with van der Waals surface area (Å²) in [5.74, 6) is -0.290. The van der Waals surface area contributed by atoms with E-state index in [2.05, 4.69) is 25.3 Å². The Morgan fingerprint density at radius 2 is 1.77 bits per heavy atom. The maximum absolute atomic E-state index is 14.3. The molecule has 306 valence electrons. The molecule has 0 saturated heterocycles. The molecule has 2 N–H and O–H groups in total. The van der Waals surface area contributed by atoms with Gasteiger partial charge in [-0.1, -0.05) is 80.1 Å². The Balaban J connectivity index is 1.62. The summed E-state index contributed by atoms with van der Waals surface area (Å²) in [5.41, 5.74) is 3.77. The second kappa shape index (κ2) is 22.0. The van der Waals surface area contributed by atoms with Crippen LogP contribution in [0.15, 0.2) is 90.6 Å². The van der Waals surface area contributed by atoms with Gasteiger partial charge < -0.3 is 38.7 Å². The van der Waals surface area contributed by atoms with Crippen molar-refractivity contribution in [2.45, 2.75) is 89.6 Å². The van der Waals surface area contributed by atoms with Crippen LogP contribution in [-0.4, -0.2) is 91.5 Å². The molecule has 1 aliphatic heterocycles. The molecule has 0 aromatic heterocycles. The third-order valence-corrected chi connectivity index (χ3v) is 11.0. The number of nitrogens with zero attached hydrogens (tertiary/aromatic N) is 2. The molecule has 0 radical (unpaired) electrons. The van der Waals surface area contributed by atoms with E-state index in [1.54, 1.807) is 17.1 Å². The minimum absolute atomic E-state index is 0.0792. The highest BCUT2D eigenvalue weighted by Gasteiger charge is 2.65. The summed E-state index contributed by atoms with van der Waals surface area (Å²) < 4.78 is 32.1. The molecule has 56 heavy (non-hydrogen) atoms. The average Bonchev–Trinajstić information content (AvgIpc) is 3.22. The van der Waals surface area contributed by atoms with Crippen LogP contribution in [0.4, 0.5) is 4.79 Å². The van der Waals surface area contributed by atoms with Crippen molar-refractivity contribution in [3.8, 4) is 11.5 Å². The summed E-state index contributed by atoms with van der Waals surface area (Å²) >= 11 is 0. The second-order valence-electron chi connectivity index (χ2n) is 14.6. The van der Waals surface area contributed by atoms with Crippen LogP contribution < -0.4 is 9.47 Å². The normalized spacial score (nSPS) is 24.2. The highest BCUT2D eigenvalue weighted by molar-refractivity contribution is 6.03. The van der Waals surface area contributed by atoms with Gasteiger partial charge in [-0.25, -0.2) is 4.79 Å². The fraction of sp³-hybridized carbons (Fsp3) is 0.556. The van der Waals surface area contributed by atoms with Crippen molar-refractivity contribution in [1.82, 2.24) is 4.90 Å². The maximum atomic E-state index is 14.3. The monoisotopic (exact) mass is 774 g/mol. The first-order chi connectivity index (χ1) is 27.5. The number of carbonyl (C=O) groups is 1. The summed E-state index contributed by atoms with van der Waals surface area (Å²) in [6.07, 6.45) is 11.0. The van der Waals surface area contributed by atoms with Gasteiger partial charge in [0.15, 0.2) is 0 Å². The smallest absolute Gasteiger partial charge is 0.410 e. The number of oxime groups is 1. The van der Waals surface area contributed by atoms with E-state index < -0.39 is 23.8 Å². The maximum Gasteiger partial charge on any atom is 0.410 e. The van der Waals surface area contributed by atoms with E-state index in [9.17, 15) is 15.0 Å². The van der Waals surface area contributed by atoms with Crippen molar-refractivity contribution in [3.63, 3.8) is 0 Å². The lowest BCUT2D eigenvalue weighted by Gasteiger charge is -2.59. The van der Waals surface area contributed by atoms with Crippen LogP contribution in [0.1, 0.15) is 82.3 Å². The van der Waals surface area contributed by atoms with Crippen LogP contribution in [0.25, 0.3) is 0 Å². The Labute approximate surface area is 332 Å². The van der Waals surface area contributed by atoms with Crippen molar-refractivity contribution in [1.29, 1.82) is 0 Å². The van der Waals surface area contributed by atoms with Gasteiger partial charge in [0.25, 0.3) is 0 Å². The molecule has 1 heterocycles. The number of aliphatic hydroxyl groups excluding tert-OH is 2. The largest absolute Gasteiger partial charge is 0.490 e. The van der Waals surface area contributed by atoms with E-state index in [-0.39, 0.29) is 50.8 Å². The van der Waals surface area contributed by atoms with Crippen molar-refractivity contribution < 1.29 is 43.5 Å². The molecule has 11 heteroatoms. The molecule has 11 nitrogen and oxygen atoms in total. The molecular formula is C45H62N2O9. The van der Waals surface area contributed by atoms with Crippen molar-refractivity contribution >= 4 is 11.8 Å². The Morgan fingerprint density at radius 3 is 2.48 bits per heavy atom. The van der Waals surface area contributed by atoms with E-state index in [4.69, 9.17) is 33.7 Å². The van der Waals surface area contributed by atoms with Gasteiger partial charge in [-0.05, 0) is 80.2 Å². The van der Waals surface area contributed by atoms with Crippen LogP contribution in [-0.2, 0) is 25.7 Å². The summed E-state index contributed by atoms with van der Waals surface area (Å²) in [6.45, 7) is 14.1. The van der Waals surface area contributed by atoms with Gasteiger partial charge in [0.05, 0.1) is 31.5 Å². The van der Waals surface area contributed by atoms with Crippen LogP contribution in [0.3, 0.4) is 0 Å². The van der Waals surface area contributed by atoms with Gasteiger partial charge in [-0.2, -0.15) is 0 Å². The summed E-state index contributed by atoms with van der Waals surface area (Å²) in [6, 6.07) is 15.1. The molecule has 1 fully saturated rings. The molecule has 2 aromatic rings. The molecular weight excluding hydrogens is 712 g/mol. The third kappa shape index (κ3) is 10.2. The van der Waals surface area contributed by atoms with Crippen LogP contribution >= 0.6 is 0 Å². The van der Waals surface area contributed by atoms with E-state index in [0.29, 0.717) is 63.5 Å². The molecule has 0 unspecified atom stereocenters. The van der Waals surface area contributed by atoms with Crippen molar-refractivity contribution in [2.75, 3.05) is 52.8 Å². The lowest BCUT2D eigenvalue weighted by Crippen LogP contribution is -2.70. The number of allylic oxidation sites excluding steroid dienone is 1. The average molecular weight is 775 g/mol. The van der Waals surface area contributed by atoms with E-state index in [0.717, 1.165) is 48.1 Å². The number of rotatable bonds is 24. The van der Waals surface area contributed by atoms with Gasteiger partial charge >= 0.3 is 6.09 Å². The van der Waals surface area contributed by atoms with Crippen LogP contribution in [0, 0.1) is 17.8 Å². The molecule has 2 aromatic carbocycles. The first kappa shape index (κ1) is 43.0. The van der Waals surface area contributed by atoms with Gasteiger partial charge in [0.2, 0.25) is 5.79 Å². The lowest BCUT2D eigenvalue weighted by atomic mass is 9.55.